The summed E-state index contributed by atoms with van der Waals surface area (Å²) in [7, 11) is 0. The molecule has 0 aromatic carbocycles. The van der Waals surface area contributed by atoms with Crippen LogP contribution in [-0.4, -0.2) is 48.2 Å². The number of aliphatic carboxylic acids is 1. The van der Waals surface area contributed by atoms with Crippen LogP contribution >= 0.6 is 0 Å². The highest BCUT2D eigenvalue weighted by Crippen LogP contribution is 2.20. The molecule has 0 bridgehead atoms. The molecule has 1 saturated heterocycles. The summed E-state index contributed by atoms with van der Waals surface area (Å²) in [5.74, 6) is -0.851. The summed E-state index contributed by atoms with van der Waals surface area (Å²) < 4.78 is 0. The third-order valence-corrected chi connectivity index (χ3v) is 3.31. The number of rotatable bonds is 4. The Hall–Kier alpha value is -0.610. The van der Waals surface area contributed by atoms with Gasteiger partial charge in [0.1, 0.15) is 0 Å². The third kappa shape index (κ3) is 3.18. The Kier molecular flexibility index (Phi) is 5.05. The molecule has 4 nitrogen and oxygen atoms in total. The zero-order chi connectivity index (χ0) is 11.3. The molecule has 0 saturated carbocycles. The molecular formula is C11H22N2O2. The summed E-state index contributed by atoms with van der Waals surface area (Å²) in [4.78, 5) is 13.5. The van der Waals surface area contributed by atoms with E-state index in [9.17, 15) is 9.90 Å². The lowest BCUT2D eigenvalue weighted by atomic mass is 9.93. The van der Waals surface area contributed by atoms with E-state index < -0.39 is 5.97 Å². The van der Waals surface area contributed by atoms with Crippen molar-refractivity contribution in [3.05, 3.63) is 0 Å². The van der Waals surface area contributed by atoms with Crippen LogP contribution in [0.1, 0.15) is 26.7 Å². The van der Waals surface area contributed by atoms with Gasteiger partial charge in [-0.3, -0.25) is 4.79 Å². The highest BCUT2D eigenvalue weighted by Gasteiger charge is 2.32. The van der Waals surface area contributed by atoms with Crippen molar-refractivity contribution in [2.24, 2.45) is 5.92 Å². The second-order valence-electron chi connectivity index (χ2n) is 4.06. The maximum atomic E-state index is 11.2. The van der Waals surface area contributed by atoms with Crippen LogP contribution in [0.2, 0.25) is 0 Å². The van der Waals surface area contributed by atoms with Gasteiger partial charge in [-0.2, -0.15) is 0 Å². The zero-order valence-electron chi connectivity index (χ0n) is 9.70. The number of nitrogens with one attached hydrogen (secondary N) is 1. The fourth-order valence-corrected chi connectivity index (χ4v) is 2.44. The SMILES string of the molecule is CCN(CC)C1CCNCCC1C(=O)O. The fourth-order valence-electron chi connectivity index (χ4n) is 2.44. The smallest absolute Gasteiger partial charge is 0.308 e. The summed E-state index contributed by atoms with van der Waals surface area (Å²) in [6.07, 6.45) is 1.69. The fraction of sp³-hybridized carbons (Fsp3) is 0.909. The molecule has 2 atom stereocenters. The van der Waals surface area contributed by atoms with Gasteiger partial charge in [-0.1, -0.05) is 13.8 Å². The van der Waals surface area contributed by atoms with Gasteiger partial charge in [0.15, 0.2) is 0 Å². The highest BCUT2D eigenvalue weighted by molar-refractivity contribution is 5.71. The first-order valence-electron chi connectivity index (χ1n) is 5.88. The molecule has 0 aromatic rings. The van der Waals surface area contributed by atoms with E-state index in [0.717, 1.165) is 39.0 Å². The van der Waals surface area contributed by atoms with Crippen molar-refractivity contribution >= 4 is 5.97 Å². The minimum Gasteiger partial charge on any atom is -0.481 e. The minimum atomic E-state index is -0.643. The van der Waals surface area contributed by atoms with Crippen molar-refractivity contribution in [2.75, 3.05) is 26.2 Å². The highest BCUT2D eigenvalue weighted by atomic mass is 16.4. The van der Waals surface area contributed by atoms with Gasteiger partial charge in [0, 0.05) is 6.04 Å². The molecular weight excluding hydrogens is 192 g/mol. The number of carbonyl (C=O) groups is 1. The van der Waals surface area contributed by atoms with Gasteiger partial charge in [-0.15, -0.1) is 0 Å². The van der Waals surface area contributed by atoms with Crippen molar-refractivity contribution in [3.8, 4) is 0 Å². The van der Waals surface area contributed by atoms with Gasteiger partial charge >= 0.3 is 5.97 Å². The van der Waals surface area contributed by atoms with E-state index in [-0.39, 0.29) is 12.0 Å². The van der Waals surface area contributed by atoms with E-state index in [4.69, 9.17) is 0 Å². The predicted octanol–water partition coefficient (Wildman–Crippen LogP) is 0.781. The van der Waals surface area contributed by atoms with E-state index in [2.05, 4.69) is 24.1 Å². The van der Waals surface area contributed by atoms with E-state index >= 15 is 0 Å². The van der Waals surface area contributed by atoms with Crippen LogP contribution in [0.15, 0.2) is 0 Å². The molecule has 0 radical (unpaired) electrons. The Bertz CT molecular complexity index is 205. The first-order valence-corrected chi connectivity index (χ1v) is 5.88. The van der Waals surface area contributed by atoms with E-state index in [1.165, 1.54) is 0 Å². The summed E-state index contributed by atoms with van der Waals surface area (Å²) in [6.45, 7) is 7.83. The Morgan fingerprint density at radius 3 is 2.47 bits per heavy atom. The van der Waals surface area contributed by atoms with Gasteiger partial charge in [0.25, 0.3) is 0 Å². The molecule has 1 fully saturated rings. The second kappa shape index (κ2) is 6.08. The van der Waals surface area contributed by atoms with Gasteiger partial charge < -0.3 is 15.3 Å². The number of nitrogens with zero attached hydrogens (tertiary/aromatic N) is 1. The van der Waals surface area contributed by atoms with Crippen molar-refractivity contribution < 1.29 is 9.90 Å². The van der Waals surface area contributed by atoms with Crippen molar-refractivity contribution in [3.63, 3.8) is 0 Å². The lowest BCUT2D eigenvalue weighted by Crippen LogP contribution is -2.43. The Labute approximate surface area is 91.6 Å². The predicted molar refractivity (Wildman–Crippen MR) is 59.9 cm³/mol. The molecule has 4 heteroatoms. The zero-order valence-corrected chi connectivity index (χ0v) is 9.70. The number of hydrogen-bond acceptors (Lipinski definition) is 3. The number of carboxylic acid groups (broad SMARTS) is 1. The lowest BCUT2D eigenvalue weighted by Gasteiger charge is -2.32. The van der Waals surface area contributed by atoms with Crippen LogP contribution < -0.4 is 5.32 Å². The summed E-state index contributed by atoms with van der Waals surface area (Å²) in [6, 6.07) is 0.201. The summed E-state index contributed by atoms with van der Waals surface area (Å²) >= 11 is 0. The molecule has 0 spiro atoms. The molecule has 88 valence electrons. The third-order valence-electron chi connectivity index (χ3n) is 3.31. The Morgan fingerprint density at radius 1 is 1.33 bits per heavy atom. The topological polar surface area (TPSA) is 52.6 Å². The molecule has 1 aliphatic rings. The number of hydrogen-bond donors (Lipinski definition) is 2. The average Bonchev–Trinajstić information content (AvgIpc) is 2.45. The quantitative estimate of drug-likeness (QED) is 0.726. The van der Waals surface area contributed by atoms with Gasteiger partial charge in [-0.25, -0.2) is 0 Å². The molecule has 0 amide bonds. The number of carboxylic acids is 1. The van der Waals surface area contributed by atoms with Gasteiger partial charge in [0.2, 0.25) is 0 Å². The molecule has 0 aliphatic carbocycles. The van der Waals surface area contributed by atoms with Crippen LogP contribution in [0.5, 0.6) is 0 Å². The summed E-state index contributed by atoms with van der Waals surface area (Å²) in [5, 5.41) is 12.5. The Balaban J connectivity index is 2.73. The van der Waals surface area contributed by atoms with E-state index in [0.29, 0.717) is 0 Å². The van der Waals surface area contributed by atoms with Crippen molar-refractivity contribution in [1.29, 1.82) is 0 Å². The minimum absolute atomic E-state index is 0.201. The van der Waals surface area contributed by atoms with Crippen LogP contribution in [0.3, 0.4) is 0 Å². The van der Waals surface area contributed by atoms with Crippen LogP contribution in [0.4, 0.5) is 0 Å². The van der Waals surface area contributed by atoms with Crippen LogP contribution in [0, 0.1) is 5.92 Å². The first-order chi connectivity index (χ1) is 7.20. The normalized spacial score (nSPS) is 27.7. The second-order valence-corrected chi connectivity index (χ2v) is 4.06. The van der Waals surface area contributed by atoms with Gasteiger partial charge in [-0.05, 0) is 39.0 Å². The van der Waals surface area contributed by atoms with Gasteiger partial charge in [0.05, 0.1) is 5.92 Å². The molecule has 2 unspecified atom stereocenters. The first kappa shape index (κ1) is 12.5. The maximum Gasteiger partial charge on any atom is 0.308 e. The average molecular weight is 214 g/mol. The largest absolute Gasteiger partial charge is 0.481 e. The Morgan fingerprint density at radius 2 is 1.93 bits per heavy atom. The molecule has 1 aliphatic heterocycles. The standard InChI is InChI=1S/C11H22N2O2/c1-3-13(4-2)10-6-8-12-7-5-9(10)11(14)15/h9-10,12H,3-8H2,1-2H3,(H,14,15). The van der Waals surface area contributed by atoms with Crippen molar-refractivity contribution in [1.82, 2.24) is 10.2 Å². The van der Waals surface area contributed by atoms with E-state index in [1.54, 1.807) is 0 Å². The van der Waals surface area contributed by atoms with Crippen molar-refractivity contribution in [2.45, 2.75) is 32.7 Å². The van der Waals surface area contributed by atoms with E-state index in [1.807, 2.05) is 0 Å². The molecule has 1 heterocycles. The lowest BCUT2D eigenvalue weighted by molar-refractivity contribution is -0.144. The monoisotopic (exact) mass is 214 g/mol. The van der Waals surface area contributed by atoms with Crippen LogP contribution in [-0.2, 0) is 4.79 Å². The van der Waals surface area contributed by atoms with Crippen LogP contribution in [0.25, 0.3) is 0 Å². The summed E-state index contributed by atoms with van der Waals surface area (Å²) in [5.41, 5.74) is 0. The molecule has 2 N–H and O–H groups in total. The molecule has 1 rings (SSSR count). The molecule has 0 aromatic heterocycles. The molecule has 15 heavy (non-hydrogen) atoms. The maximum absolute atomic E-state index is 11.2.